The Morgan fingerprint density at radius 1 is 1.33 bits per heavy atom. The molecule has 0 bridgehead atoms. The van der Waals surface area contributed by atoms with Crippen LogP contribution in [0.15, 0.2) is 34.9 Å². The number of carbonyl (C=O) groups excluding carboxylic acids is 1. The maximum atomic E-state index is 11.4. The molecule has 1 saturated carbocycles. The predicted molar refractivity (Wildman–Crippen MR) is 77.7 cm³/mol. The molecule has 0 saturated heterocycles. The molecule has 1 aliphatic carbocycles. The maximum Gasteiger partial charge on any atom is 0.233 e. The molecule has 0 spiro atoms. The number of hydrogen-bond donors (Lipinski definition) is 1. The van der Waals surface area contributed by atoms with E-state index in [1.807, 2.05) is 18.2 Å². The summed E-state index contributed by atoms with van der Waals surface area (Å²) < 4.78 is 5.45. The Bertz CT molecular complexity index is 617. The number of benzene rings is 1. The molecule has 1 aromatic heterocycles. The molecule has 0 unspecified atom stereocenters. The molecule has 3 rings (SSSR count). The summed E-state index contributed by atoms with van der Waals surface area (Å²) in [4.78, 5) is 15.8. The van der Waals surface area contributed by atoms with Gasteiger partial charge in [0.2, 0.25) is 11.8 Å². The number of likely N-dealkylation sites (N-methyl/N-ethyl adjacent to an activating group) is 1. The molecule has 1 N–H and O–H groups in total. The Balaban J connectivity index is 1.78. The van der Waals surface area contributed by atoms with Gasteiger partial charge in [-0.1, -0.05) is 41.9 Å². The first-order chi connectivity index (χ1) is 10.2. The third kappa shape index (κ3) is 2.82. The highest BCUT2D eigenvalue weighted by Crippen LogP contribution is 2.45. The van der Waals surface area contributed by atoms with Crippen LogP contribution in [0, 0.1) is 0 Å². The van der Waals surface area contributed by atoms with E-state index in [2.05, 4.69) is 27.6 Å². The SMILES string of the molecule is CNC(=O)Cc1noc(C2(Cc3ccccc3)CCC2)n1. The summed E-state index contributed by atoms with van der Waals surface area (Å²) in [6.07, 6.45) is 4.38. The van der Waals surface area contributed by atoms with E-state index in [-0.39, 0.29) is 17.7 Å². The zero-order chi connectivity index (χ0) is 14.7. The highest BCUT2D eigenvalue weighted by Gasteiger charge is 2.43. The van der Waals surface area contributed by atoms with Crippen molar-refractivity contribution < 1.29 is 9.32 Å². The molecule has 5 nitrogen and oxygen atoms in total. The monoisotopic (exact) mass is 285 g/mol. The van der Waals surface area contributed by atoms with Crippen molar-refractivity contribution in [2.45, 2.75) is 37.5 Å². The smallest absolute Gasteiger partial charge is 0.233 e. The Hall–Kier alpha value is -2.17. The third-order valence-electron chi connectivity index (χ3n) is 4.22. The fourth-order valence-electron chi connectivity index (χ4n) is 2.83. The fourth-order valence-corrected chi connectivity index (χ4v) is 2.83. The van der Waals surface area contributed by atoms with Crippen molar-refractivity contribution in [1.82, 2.24) is 15.5 Å². The summed E-state index contributed by atoms with van der Waals surface area (Å²) in [5.74, 6) is 1.04. The minimum atomic E-state index is -0.104. The zero-order valence-corrected chi connectivity index (χ0v) is 12.1. The Labute approximate surface area is 123 Å². The molecular formula is C16H19N3O2. The van der Waals surface area contributed by atoms with Crippen LogP contribution < -0.4 is 5.32 Å². The number of rotatable bonds is 5. The van der Waals surface area contributed by atoms with E-state index < -0.39 is 0 Å². The van der Waals surface area contributed by atoms with Crippen LogP contribution in [-0.4, -0.2) is 23.1 Å². The molecular weight excluding hydrogens is 266 g/mol. The van der Waals surface area contributed by atoms with Gasteiger partial charge in [-0.25, -0.2) is 0 Å². The van der Waals surface area contributed by atoms with Crippen molar-refractivity contribution in [3.05, 3.63) is 47.6 Å². The molecule has 2 aromatic rings. The summed E-state index contributed by atoms with van der Waals surface area (Å²) >= 11 is 0. The lowest BCUT2D eigenvalue weighted by molar-refractivity contribution is -0.120. The first-order valence-corrected chi connectivity index (χ1v) is 7.29. The van der Waals surface area contributed by atoms with Crippen LogP contribution in [0.25, 0.3) is 0 Å². The minimum absolute atomic E-state index is 0.0463. The van der Waals surface area contributed by atoms with Crippen LogP contribution in [-0.2, 0) is 23.1 Å². The molecule has 0 radical (unpaired) electrons. The van der Waals surface area contributed by atoms with Crippen molar-refractivity contribution in [3.8, 4) is 0 Å². The molecule has 1 heterocycles. The summed E-state index contributed by atoms with van der Waals surface area (Å²) in [7, 11) is 1.60. The van der Waals surface area contributed by atoms with Gasteiger partial charge in [-0.15, -0.1) is 0 Å². The Kier molecular flexibility index (Phi) is 3.73. The first kappa shape index (κ1) is 13.8. The van der Waals surface area contributed by atoms with E-state index in [4.69, 9.17) is 4.52 Å². The van der Waals surface area contributed by atoms with Gasteiger partial charge >= 0.3 is 0 Å². The molecule has 0 atom stereocenters. The van der Waals surface area contributed by atoms with E-state index in [1.54, 1.807) is 7.05 Å². The summed E-state index contributed by atoms with van der Waals surface area (Å²) in [5, 5.41) is 6.52. The van der Waals surface area contributed by atoms with Gasteiger partial charge in [0.15, 0.2) is 5.82 Å². The predicted octanol–water partition coefficient (Wildman–Crippen LogP) is 2.02. The van der Waals surface area contributed by atoms with E-state index in [1.165, 1.54) is 12.0 Å². The number of aromatic nitrogens is 2. The van der Waals surface area contributed by atoms with Crippen molar-refractivity contribution in [2.75, 3.05) is 7.05 Å². The van der Waals surface area contributed by atoms with Gasteiger partial charge in [0.25, 0.3) is 0 Å². The van der Waals surface area contributed by atoms with Gasteiger partial charge in [0.1, 0.15) is 0 Å². The number of amides is 1. The summed E-state index contributed by atoms with van der Waals surface area (Å²) in [6, 6.07) is 10.4. The number of carbonyl (C=O) groups is 1. The highest BCUT2D eigenvalue weighted by molar-refractivity contribution is 5.77. The molecule has 1 fully saturated rings. The molecule has 110 valence electrons. The largest absolute Gasteiger partial charge is 0.359 e. The summed E-state index contributed by atoms with van der Waals surface area (Å²) in [5.41, 5.74) is 1.23. The normalized spacial score (nSPS) is 16.2. The van der Waals surface area contributed by atoms with Crippen LogP contribution in [0.5, 0.6) is 0 Å². The van der Waals surface area contributed by atoms with E-state index >= 15 is 0 Å². The van der Waals surface area contributed by atoms with Crippen LogP contribution in [0.2, 0.25) is 0 Å². The van der Waals surface area contributed by atoms with Crippen LogP contribution in [0.4, 0.5) is 0 Å². The second kappa shape index (κ2) is 5.68. The van der Waals surface area contributed by atoms with Crippen LogP contribution >= 0.6 is 0 Å². The first-order valence-electron chi connectivity index (χ1n) is 7.29. The lowest BCUT2D eigenvalue weighted by Gasteiger charge is -2.38. The van der Waals surface area contributed by atoms with Gasteiger partial charge in [0, 0.05) is 7.05 Å². The second-order valence-electron chi connectivity index (χ2n) is 5.66. The topological polar surface area (TPSA) is 68.0 Å². The summed E-state index contributed by atoms with van der Waals surface area (Å²) in [6.45, 7) is 0. The molecule has 5 heteroatoms. The average molecular weight is 285 g/mol. The van der Waals surface area contributed by atoms with E-state index in [0.717, 1.165) is 19.3 Å². The van der Waals surface area contributed by atoms with Crippen molar-refractivity contribution >= 4 is 5.91 Å². The van der Waals surface area contributed by atoms with Gasteiger partial charge < -0.3 is 9.84 Å². The van der Waals surface area contributed by atoms with E-state index in [0.29, 0.717) is 11.7 Å². The number of nitrogens with zero attached hydrogens (tertiary/aromatic N) is 2. The highest BCUT2D eigenvalue weighted by atomic mass is 16.5. The quantitative estimate of drug-likeness (QED) is 0.912. The average Bonchev–Trinajstić information content (AvgIpc) is 2.92. The minimum Gasteiger partial charge on any atom is -0.359 e. The lowest BCUT2D eigenvalue weighted by Crippen LogP contribution is -2.37. The molecule has 21 heavy (non-hydrogen) atoms. The molecule has 1 amide bonds. The standard InChI is InChI=1S/C16H19N3O2/c1-17-14(20)10-13-18-15(21-19-13)16(8-5-9-16)11-12-6-3-2-4-7-12/h2-4,6-7H,5,8-11H2,1H3,(H,17,20). The second-order valence-corrected chi connectivity index (χ2v) is 5.66. The zero-order valence-electron chi connectivity index (χ0n) is 12.1. The van der Waals surface area contributed by atoms with Gasteiger partial charge in [0.05, 0.1) is 11.8 Å². The van der Waals surface area contributed by atoms with Gasteiger partial charge in [-0.2, -0.15) is 4.98 Å². The molecule has 1 aromatic carbocycles. The van der Waals surface area contributed by atoms with Crippen LogP contribution in [0.3, 0.4) is 0 Å². The van der Waals surface area contributed by atoms with Gasteiger partial charge in [-0.3, -0.25) is 4.79 Å². The lowest BCUT2D eigenvalue weighted by atomic mass is 9.65. The Morgan fingerprint density at radius 3 is 2.71 bits per heavy atom. The van der Waals surface area contributed by atoms with Crippen LogP contribution in [0.1, 0.15) is 36.5 Å². The third-order valence-corrected chi connectivity index (χ3v) is 4.22. The van der Waals surface area contributed by atoms with Crippen molar-refractivity contribution in [1.29, 1.82) is 0 Å². The van der Waals surface area contributed by atoms with Crippen molar-refractivity contribution in [3.63, 3.8) is 0 Å². The number of hydrogen-bond acceptors (Lipinski definition) is 4. The molecule has 1 aliphatic rings. The maximum absolute atomic E-state index is 11.4. The van der Waals surface area contributed by atoms with Crippen molar-refractivity contribution in [2.24, 2.45) is 0 Å². The Morgan fingerprint density at radius 2 is 2.10 bits per heavy atom. The fraction of sp³-hybridized carbons (Fsp3) is 0.438. The van der Waals surface area contributed by atoms with E-state index in [9.17, 15) is 4.79 Å². The van der Waals surface area contributed by atoms with Gasteiger partial charge in [-0.05, 0) is 24.8 Å². The number of nitrogens with one attached hydrogen (secondary N) is 1. The molecule has 0 aliphatic heterocycles.